The zero-order valence-corrected chi connectivity index (χ0v) is 13.0. The Hall–Kier alpha value is -0.920. The van der Waals surface area contributed by atoms with Crippen molar-refractivity contribution in [2.24, 2.45) is 0 Å². The molecule has 1 aliphatic rings. The van der Waals surface area contributed by atoms with E-state index in [4.69, 9.17) is 5.11 Å². The number of carboxylic acid groups (broad SMARTS) is 1. The highest BCUT2D eigenvalue weighted by molar-refractivity contribution is 7.91. The predicted octanol–water partition coefficient (Wildman–Crippen LogP) is 2.79. The van der Waals surface area contributed by atoms with Gasteiger partial charge in [0.1, 0.15) is 4.21 Å². The highest BCUT2D eigenvalue weighted by atomic mass is 32.2. The maximum Gasteiger partial charge on any atom is 0.336 e. The van der Waals surface area contributed by atoms with E-state index in [0.29, 0.717) is 6.54 Å². The monoisotopic (exact) mass is 317 g/mol. The van der Waals surface area contributed by atoms with Crippen molar-refractivity contribution in [3.05, 3.63) is 17.0 Å². The lowest BCUT2D eigenvalue weighted by molar-refractivity contribution is 0.0697. The zero-order valence-electron chi connectivity index (χ0n) is 11.4. The molecule has 1 aromatic rings. The number of nitrogens with zero attached hydrogens (tertiary/aromatic N) is 1. The predicted molar refractivity (Wildman–Crippen MR) is 77.7 cm³/mol. The first-order chi connectivity index (χ1) is 9.46. The van der Waals surface area contributed by atoms with Crippen LogP contribution in [-0.2, 0) is 10.0 Å². The number of rotatable bonds is 5. The van der Waals surface area contributed by atoms with Gasteiger partial charge in [-0.2, -0.15) is 4.31 Å². The van der Waals surface area contributed by atoms with E-state index in [1.807, 2.05) is 6.92 Å². The molecule has 1 aromatic heterocycles. The van der Waals surface area contributed by atoms with Crippen molar-refractivity contribution in [3.63, 3.8) is 0 Å². The third-order valence-electron chi connectivity index (χ3n) is 3.58. The maximum absolute atomic E-state index is 12.7. The van der Waals surface area contributed by atoms with Crippen molar-refractivity contribution >= 4 is 27.3 Å². The van der Waals surface area contributed by atoms with Crippen molar-refractivity contribution in [1.82, 2.24) is 4.31 Å². The SMILES string of the molecule is CCCC1CCCCN1S(=O)(=O)c1cc(C(=O)O)cs1. The molecule has 0 aliphatic carbocycles. The van der Waals surface area contributed by atoms with Gasteiger partial charge in [0.2, 0.25) is 0 Å². The van der Waals surface area contributed by atoms with Crippen LogP contribution < -0.4 is 0 Å². The second kappa shape index (κ2) is 6.24. The Bertz CT molecular complexity index is 577. The molecule has 1 aliphatic heterocycles. The van der Waals surface area contributed by atoms with E-state index >= 15 is 0 Å². The summed E-state index contributed by atoms with van der Waals surface area (Å²) in [5.74, 6) is -1.09. The molecule has 0 bridgehead atoms. The van der Waals surface area contributed by atoms with Crippen LogP contribution in [0.4, 0.5) is 0 Å². The fraction of sp³-hybridized carbons (Fsp3) is 0.615. The van der Waals surface area contributed by atoms with E-state index < -0.39 is 16.0 Å². The Morgan fingerprint density at radius 2 is 2.25 bits per heavy atom. The number of piperidine rings is 1. The molecular formula is C13H19NO4S2. The summed E-state index contributed by atoms with van der Waals surface area (Å²) in [5.41, 5.74) is 0.0395. The Morgan fingerprint density at radius 1 is 1.50 bits per heavy atom. The first-order valence-corrected chi connectivity index (χ1v) is 9.12. The van der Waals surface area contributed by atoms with Gasteiger partial charge in [-0.15, -0.1) is 11.3 Å². The van der Waals surface area contributed by atoms with Crippen LogP contribution in [0.3, 0.4) is 0 Å². The molecule has 1 fully saturated rings. The van der Waals surface area contributed by atoms with E-state index in [2.05, 4.69) is 0 Å². The van der Waals surface area contributed by atoms with Gasteiger partial charge >= 0.3 is 5.97 Å². The summed E-state index contributed by atoms with van der Waals surface area (Å²) in [6.45, 7) is 2.58. The topological polar surface area (TPSA) is 74.7 Å². The second-order valence-electron chi connectivity index (χ2n) is 5.01. The van der Waals surface area contributed by atoms with Crippen LogP contribution in [-0.4, -0.2) is 36.4 Å². The van der Waals surface area contributed by atoms with Crippen LogP contribution in [0, 0.1) is 0 Å². The largest absolute Gasteiger partial charge is 0.478 e. The van der Waals surface area contributed by atoms with Gasteiger partial charge in [0.25, 0.3) is 10.0 Å². The standard InChI is InChI=1S/C13H19NO4S2/c1-2-5-11-6-3-4-7-14(11)20(17,18)12-8-10(9-19-12)13(15)16/h8-9,11H,2-7H2,1H3,(H,15,16). The van der Waals surface area contributed by atoms with Crippen molar-refractivity contribution < 1.29 is 18.3 Å². The van der Waals surface area contributed by atoms with Crippen molar-refractivity contribution in [2.75, 3.05) is 6.54 Å². The van der Waals surface area contributed by atoms with E-state index in [9.17, 15) is 13.2 Å². The molecule has 1 unspecified atom stereocenters. The van der Waals surface area contributed by atoms with Crippen LogP contribution >= 0.6 is 11.3 Å². The average molecular weight is 317 g/mol. The average Bonchev–Trinajstić information content (AvgIpc) is 2.90. The summed E-state index contributed by atoms with van der Waals surface area (Å²) in [7, 11) is -3.56. The highest BCUT2D eigenvalue weighted by Gasteiger charge is 2.34. The number of sulfonamides is 1. The van der Waals surface area contributed by atoms with Crippen LogP contribution in [0.25, 0.3) is 0 Å². The van der Waals surface area contributed by atoms with Gasteiger partial charge < -0.3 is 5.11 Å². The highest BCUT2D eigenvalue weighted by Crippen LogP contribution is 2.30. The number of carboxylic acids is 1. The third kappa shape index (κ3) is 3.05. The summed E-state index contributed by atoms with van der Waals surface area (Å²) < 4.78 is 27.0. The van der Waals surface area contributed by atoms with Crippen LogP contribution in [0.2, 0.25) is 0 Å². The number of aromatic carboxylic acids is 1. The molecule has 5 nitrogen and oxygen atoms in total. The summed E-state index contributed by atoms with van der Waals surface area (Å²) in [5, 5.41) is 10.3. The Morgan fingerprint density at radius 3 is 2.85 bits per heavy atom. The molecule has 2 heterocycles. The molecule has 1 atom stereocenters. The Kier molecular flexibility index (Phi) is 4.82. The van der Waals surface area contributed by atoms with Gasteiger partial charge in [-0.3, -0.25) is 0 Å². The first kappa shape index (κ1) is 15.5. The molecular weight excluding hydrogens is 298 g/mol. The molecule has 20 heavy (non-hydrogen) atoms. The molecule has 0 radical (unpaired) electrons. The zero-order chi connectivity index (χ0) is 14.8. The molecule has 2 rings (SSSR count). The van der Waals surface area contributed by atoms with E-state index in [1.54, 1.807) is 4.31 Å². The van der Waals surface area contributed by atoms with Crippen LogP contribution in [0.5, 0.6) is 0 Å². The fourth-order valence-corrected chi connectivity index (χ4v) is 5.60. The Labute approximate surface area is 123 Å². The number of hydrogen-bond donors (Lipinski definition) is 1. The quantitative estimate of drug-likeness (QED) is 0.906. The van der Waals surface area contributed by atoms with Gasteiger partial charge in [0.15, 0.2) is 0 Å². The maximum atomic E-state index is 12.7. The van der Waals surface area contributed by atoms with Gasteiger partial charge in [0, 0.05) is 18.0 Å². The summed E-state index contributed by atoms with van der Waals surface area (Å²) in [4.78, 5) is 10.9. The normalized spacial score (nSPS) is 20.9. The van der Waals surface area contributed by atoms with Gasteiger partial charge in [-0.25, -0.2) is 13.2 Å². The molecule has 0 saturated carbocycles. The molecule has 0 spiro atoms. The second-order valence-corrected chi connectivity index (χ2v) is 8.04. The summed E-state index contributed by atoms with van der Waals surface area (Å²) >= 11 is 0.988. The summed E-state index contributed by atoms with van der Waals surface area (Å²) in [6, 6.07) is 1.31. The van der Waals surface area contributed by atoms with Gasteiger partial charge in [-0.1, -0.05) is 19.8 Å². The van der Waals surface area contributed by atoms with E-state index in [0.717, 1.165) is 43.4 Å². The van der Waals surface area contributed by atoms with Crippen molar-refractivity contribution in [3.8, 4) is 0 Å². The number of carbonyl (C=O) groups is 1. The molecule has 0 amide bonds. The third-order valence-corrected chi connectivity index (χ3v) is 6.95. The number of hydrogen-bond acceptors (Lipinski definition) is 4. The first-order valence-electron chi connectivity index (χ1n) is 6.80. The Balaban J connectivity index is 2.29. The van der Waals surface area contributed by atoms with Crippen LogP contribution in [0.1, 0.15) is 49.4 Å². The molecule has 7 heteroatoms. The minimum atomic E-state index is -3.56. The molecule has 1 saturated heterocycles. The molecule has 0 aromatic carbocycles. The van der Waals surface area contributed by atoms with E-state index in [-0.39, 0.29) is 15.8 Å². The summed E-state index contributed by atoms with van der Waals surface area (Å²) in [6.07, 6.45) is 4.63. The molecule has 1 N–H and O–H groups in total. The van der Waals surface area contributed by atoms with Gasteiger partial charge in [-0.05, 0) is 25.3 Å². The lowest BCUT2D eigenvalue weighted by Gasteiger charge is -2.34. The smallest absolute Gasteiger partial charge is 0.336 e. The van der Waals surface area contributed by atoms with Crippen molar-refractivity contribution in [2.45, 2.75) is 49.3 Å². The van der Waals surface area contributed by atoms with Crippen LogP contribution in [0.15, 0.2) is 15.7 Å². The lowest BCUT2D eigenvalue weighted by Crippen LogP contribution is -2.43. The van der Waals surface area contributed by atoms with E-state index in [1.165, 1.54) is 11.4 Å². The fourth-order valence-electron chi connectivity index (χ4n) is 2.59. The van der Waals surface area contributed by atoms with Crippen molar-refractivity contribution in [1.29, 1.82) is 0 Å². The van der Waals surface area contributed by atoms with Gasteiger partial charge in [0.05, 0.1) is 5.56 Å². The minimum Gasteiger partial charge on any atom is -0.478 e. The minimum absolute atomic E-state index is 0.0395. The molecule has 112 valence electrons. The number of thiophene rings is 1. The lowest BCUT2D eigenvalue weighted by atomic mass is 10.0.